The molecule has 108 valence electrons. The lowest BCUT2D eigenvalue weighted by Gasteiger charge is -2.44. The van der Waals surface area contributed by atoms with Gasteiger partial charge >= 0.3 is 0 Å². The summed E-state index contributed by atoms with van der Waals surface area (Å²) in [4.78, 5) is 0. The summed E-state index contributed by atoms with van der Waals surface area (Å²) < 4.78 is 11.2. The van der Waals surface area contributed by atoms with Gasteiger partial charge in [0, 0.05) is 6.42 Å². The number of hydrogen-bond acceptors (Lipinski definition) is 5. The molecule has 1 aliphatic rings. The Kier molecular flexibility index (Phi) is 4.97. The molecule has 0 radical (unpaired) electrons. The number of ether oxygens (including phenoxy) is 1. The molecule has 0 aromatic heterocycles. The van der Waals surface area contributed by atoms with Gasteiger partial charge in [0.05, 0.1) is 12.7 Å². The number of aliphatic hydroxyl groups is 3. The fraction of sp³-hybridized carbons (Fsp3) is 1.00. The molecule has 5 nitrogen and oxygen atoms in total. The smallest absolute Gasteiger partial charge is 0.192 e. The van der Waals surface area contributed by atoms with Gasteiger partial charge in [-0.2, -0.15) is 0 Å². The van der Waals surface area contributed by atoms with Crippen LogP contribution < -0.4 is 0 Å². The van der Waals surface area contributed by atoms with Crippen molar-refractivity contribution in [3.8, 4) is 0 Å². The highest BCUT2D eigenvalue weighted by Crippen LogP contribution is 2.39. The molecule has 1 rings (SSSR count). The van der Waals surface area contributed by atoms with E-state index in [2.05, 4.69) is 33.9 Å². The molecule has 0 aliphatic carbocycles. The molecule has 0 aromatic rings. The van der Waals surface area contributed by atoms with Crippen LogP contribution in [-0.2, 0) is 9.16 Å². The summed E-state index contributed by atoms with van der Waals surface area (Å²) in [6.45, 7) is 10.2. The molecule has 0 aromatic carbocycles. The molecule has 1 aliphatic heterocycles. The van der Waals surface area contributed by atoms with Crippen LogP contribution in [0.15, 0.2) is 0 Å². The highest BCUT2D eigenvalue weighted by molar-refractivity contribution is 6.74. The van der Waals surface area contributed by atoms with E-state index in [0.717, 1.165) is 0 Å². The second kappa shape index (κ2) is 5.56. The van der Waals surface area contributed by atoms with E-state index in [-0.39, 0.29) is 18.1 Å². The molecule has 1 unspecified atom stereocenters. The number of aliphatic hydroxyl groups excluding tert-OH is 3. The predicted octanol–water partition coefficient (Wildman–Crippen LogP) is 0.837. The minimum Gasteiger partial charge on any atom is -0.411 e. The molecule has 4 atom stereocenters. The quantitative estimate of drug-likeness (QED) is 0.667. The van der Waals surface area contributed by atoms with Crippen LogP contribution in [0.2, 0.25) is 18.1 Å². The standard InChI is InChI=1S/C12H26O5Si/c1-12(2,3)18(4,5)17-8-6-10(14)16-9(7-13)11(8)15/h8-11,13-15H,6-7H2,1-5H3/t8-,9-,10?,11+/m1/s1. The van der Waals surface area contributed by atoms with Crippen molar-refractivity contribution in [3.63, 3.8) is 0 Å². The lowest BCUT2D eigenvalue weighted by Crippen LogP contribution is -2.55. The summed E-state index contributed by atoms with van der Waals surface area (Å²) in [6, 6.07) is 0. The summed E-state index contributed by atoms with van der Waals surface area (Å²) in [5.41, 5.74) is 0. The van der Waals surface area contributed by atoms with Crippen molar-refractivity contribution < 1.29 is 24.5 Å². The molecule has 0 bridgehead atoms. The van der Waals surface area contributed by atoms with Crippen LogP contribution in [0.5, 0.6) is 0 Å². The third kappa shape index (κ3) is 3.52. The van der Waals surface area contributed by atoms with Gasteiger partial charge in [0.15, 0.2) is 14.6 Å². The average Bonchev–Trinajstić information content (AvgIpc) is 2.20. The molecule has 3 N–H and O–H groups in total. The Labute approximate surface area is 110 Å². The normalized spacial score (nSPS) is 34.7. The SMILES string of the molecule is CC(C)(C)[Si](C)(C)O[C@@H]1CC(O)O[C@H](CO)[C@H]1O. The summed E-state index contributed by atoms with van der Waals surface area (Å²) >= 11 is 0. The van der Waals surface area contributed by atoms with Crippen LogP contribution in [0.4, 0.5) is 0 Å². The Morgan fingerprint density at radius 3 is 2.28 bits per heavy atom. The van der Waals surface area contributed by atoms with Gasteiger partial charge in [-0.1, -0.05) is 20.8 Å². The molecular formula is C12H26O5Si. The van der Waals surface area contributed by atoms with Crippen LogP contribution in [-0.4, -0.2) is 54.8 Å². The first kappa shape index (κ1) is 16.1. The second-order valence-electron chi connectivity index (χ2n) is 6.45. The molecule has 0 saturated carbocycles. The van der Waals surface area contributed by atoms with Crippen molar-refractivity contribution >= 4 is 8.32 Å². The van der Waals surface area contributed by atoms with Gasteiger partial charge in [0.25, 0.3) is 0 Å². The second-order valence-corrected chi connectivity index (χ2v) is 11.2. The van der Waals surface area contributed by atoms with Crippen molar-refractivity contribution in [2.24, 2.45) is 0 Å². The molecule has 1 fully saturated rings. The topological polar surface area (TPSA) is 79.2 Å². The van der Waals surface area contributed by atoms with Crippen molar-refractivity contribution in [3.05, 3.63) is 0 Å². The maximum atomic E-state index is 10.1. The van der Waals surface area contributed by atoms with Crippen molar-refractivity contribution in [1.29, 1.82) is 0 Å². The van der Waals surface area contributed by atoms with E-state index < -0.39 is 32.9 Å². The molecule has 0 spiro atoms. The number of rotatable bonds is 3. The summed E-state index contributed by atoms with van der Waals surface area (Å²) in [7, 11) is -2.01. The Hall–Kier alpha value is 0.0169. The minimum absolute atomic E-state index is 0.0324. The first-order valence-electron chi connectivity index (χ1n) is 6.39. The van der Waals surface area contributed by atoms with E-state index in [1.807, 2.05) is 0 Å². The van der Waals surface area contributed by atoms with Gasteiger partial charge in [-0.25, -0.2) is 0 Å². The van der Waals surface area contributed by atoms with E-state index in [0.29, 0.717) is 0 Å². The van der Waals surface area contributed by atoms with Crippen LogP contribution >= 0.6 is 0 Å². The average molecular weight is 278 g/mol. The van der Waals surface area contributed by atoms with E-state index in [9.17, 15) is 10.2 Å². The van der Waals surface area contributed by atoms with Crippen molar-refractivity contribution in [1.82, 2.24) is 0 Å². The van der Waals surface area contributed by atoms with Gasteiger partial charge in [0.2, 0.25) is 0 Å². The van der Waals surface area contributed by atoms with Gasteiger partial charge in [-0.05, 0) is 18.1 Å². The largest absolute Gasteiger partial charge is 0.411 e. The maximum absolute atomic E-state index is 10.1. The van der Waals surface area contributed by atoms with Crippen LogP contribution in [0.3, 0.4) is 0 Å². The maximum Gasteiger partial charge on any atom is 0.192 e. The molecule has 1 saturated heterocycles. The predicted molar refractivity (Wildman–Crippen MR) is 70.7 cm³/mol. The lowest BCUT2D eigenvalue weighted by molar-refractivity contribution is -0.236. The van der Waals surface area contributed by atoms with E-state index in [4.69, 9.17) is 14.3 Å². The summed E-state index contributed by atoms with van der Waals surface area (Å²) in [6.07, 6.45) is -2.90. The van der Waals surface area contributed by atoms with E-state index in [1.54, 1.807) is 0 Å². The Morgan fingerprint density at radius 2 is 1.83 bits per heavy atom. The summed E-state index contributed by atoms with van der Waals surface area (Å²) in [5.74, 6) is 0. The van der Waals surface area contributed by atoms with Crippen molar-refractivity contribution in [2.75, 3.05) is 6.61 Å². The Balaban J connectivity index is 2.76. The van der Waals surface area contributed by atoms with Crippen LogP contribution in [0, 0.1) is 0 Å². The zero-order valence-corrected chi connectivity index (χ0v) is 12.9. The molecule has 0 amide bonds. The number of hydrogen-bond donors (Lipinski definition) is 3. The monoisotopic (exact) mass is 278 g/mol. The minimum atomic E-state index is -2.01. The summed E-state index contributed by atoms with van der Waals surface area (Å²) in [5, 5.41) is 28.8. The van der Waals surface area contributed by atoms with Gasteiger partial charge in [0.1, 0.15) is 12.2 Å². The molecule has 1 heterocycles. The highest BCUT2D eigenvalue weighted by Gasteiger charge is 2.44. The van der Waals surface area contributed by atoms with Crippen LogP contribution in [0.1, 0.15) is 27.2 Å². The fourth-order valence-electron chi connectivity index (χ4n) is 1.74. The Bertz CT molecular complexity index is 276. The highest BCUT2D eigenvalue weighted by atomic mass is 28.4. The third-order valence-electron chi connectivity index (χ3n) is 3.96. The van der Waals surface area contributed by atoms with Crippen molar-refractivity contribution in [2.45, 2.75) is 69.9 Å². The van der Waals surface area contributed by atoms with E-state index in [1.165, 1.54) is 0 Å². The molecule has 6 heteroatoms. The van der Waals surface area contributed by atoms with E-state index >= 15 is 0 Å². The zero-order chi connectivity index (χ0) is 14.1. The third-order valence-corrected chi connectivity index (χ3v) is 8.46. The lowest BCUT2D eigenvalue weighted by atomic mass is 10.0. The zero-order valence-electron chi connectivity index (χ0n) is 11.9. The van der Waals surface area contributed by atoms with Crippen LogP contribution in [0.25, 0.3) is 0 Å². The molecule has 18 heavy (non-hydrogen) atoms. The first-order chi connectivity index (χ1) is 8.08. The van der Waals surface area contributed by atoms with Gasteiger partial charge < -0.3 is 24.5 Å². The molecular weight excluding hydrogens is 252 g/mol. The van der Waals surface area contributed by atoms with Gasteiger partial charge in [-0.15, -0.1) is 0 Å². The fourth-order valence-corrected chi connectivity index (χ4v) is 3.09. The van der Waals surface area contributed by atoms with Gasteiger partial charge in [-0.3, -0.25) is 0 Å². The Morgan fingerprint density at radius 1 is 1.28 bits per heavy atom. The first-order valence-corrected chi connectivity index (χ1v) is 9.29.